The highest BCUT2D eigenvalue weighted by molar-refractivity contribution is 5.96. The van der Waals surface area contributed by atoms with Gasteiger partial charge in [-0.1, -0.05) is 6.07 Å². The van der Waals surface area contributed by atoms with Gasteiger partial charge >= 0.3 is 0 Å². The van der Waals surface area contributed by atoms with Gasteiger partial charge in [0.1, 0.15) is 17.4 Å². The number of carbonyl (C=O) groups is 1. The van der Waals surface area contributed by atoms with Crippen LogP contribution in [0.25, 0.3) is 0 Å². The molecule has 1 aliphatic heterocycles. The quantitative estimate of drug-likeness (QED) is 0.859. The van der Waals surface area contributed by atoms with Crippen LogP contribution in [0.4, 0.5) is 4.39 Å². The fourth-order valence-corrected chi connectivity index (χ4v) is 2.80. The number of amides is 1. The first-order valence-corrected chi connectivity index (χ1v) is 7.78. The van der Waals surface area contributed by atoms with E-state index in [0.29, 0.717) is 19.0 Å². The van der Waals surface area contributed by atoms with Gasteiger partial charge in [-0.05, 0) is 43.7 Å². The van der Waals surface area contributed by atoms with Crippen molar-refractivity contribution in [2.75, 3.05) is 19.7 Å². The predicted octanol–water partition coefficient (Wildman–Crippen LogP) is 2.73. The number of halogens is 1. The zero-order chi connectivity index (χ0) is 15.5. The minimum Gasteiger partial charge on any atom is -0.376 e. The second-order valence-corrected chi connectivity index (χ2v) is 6.07. The van der Waals surface area contributed by atoms with Crippen LogP contribution in [0, 0.1) is 23.1 Å². The topological polar surface area (TPSA) is 53.3 Å². The summed E-state index contributed by atoms with van der Waals surface area (Å²) in [4.78, 5) is 14.3. The molecular weight excluding hydrogens is 283 g/mol. The van der Waals surface area contributed by atoms with E-state index in [9.17, 15) is 9.18 Å². The maximum absolute atomic E-state index is 13.7. The van der Waals surface area contributed by atoms with Crippen LogP contribution in [-0.4, -0.2) is 36.6 Å². The Bertz CT molecular complexity index is 607. The molecule has 22 heavy (non-hydrogen) atoms. The average Bonchev–Trinajstić information content (AvgIpc) is 3.36. The van der Waals surface area contributed by atoms with Crippen LogP contribution in [0.2, 0.25) is 0 Å². The molecule has 1 saturated carbocycles. The minimum absolute atomic E-state index is 0.0531. The molecule has 116 valence electrons. The lowest BCUT2D eigenvalue weighted by atomic mass is 10.0. The highest BCUT2D eigenvalue weighted by Gasteiger charge is 2.29. The maximum Gasteiger partial charge on any atom is 0.255 e. The van der Waals surface area contributed by atoms with Crippen molar-refractivity contribution in [1.82, 2.24) is 4.90 Å². The fraction of sp³-hybridized carbons (Fsp3) is 0.529. The SMILES string of the molecule is N#Cc1c(F)cccc1C(=O)N1CCCC(OCC2CC2)C1. The van der Waals surface area contributed by atoms with Crippen LogP contribution in [-0.2, 0) is 4.74 Å². The molecule has 0 bridgehead atoms. The van der Waals surface area contributed by atoms with Gasteiger partial charge in [-0.25, -0.2) is 4.39 Å². The molecule has 0 radical (unpaired) electrons. The molecular formula is C17H19FN2O2. The Hall–Kier alpha value is -1.93. The van der Waals surface area contributed by atoms with Gasteiger partial charge in [0.2, 0.25) is 0 Å². The zero-order valence-electron chi connectivity index (χ0n) is 12.4. The highest BCUT2D eigenvalue weighted by atomic mass is 19.1. The Balaban J connectivity index is 1.68. The summed E-state index contributed by atoms with van der Waals surface area (Å²) in [6, 6.07) is 5.97. The Morgan fingerprint density at radius 3 is 2.95 bits per heavy atom. The first kappa shape index (κ1) is 15.0. The molecule has 1 amide bonds. The maximum atomic E-state index is 13.7. The number of hydrogen-bond acceptors (Lipinski definition) is 3. The smallest absolute Gasteiger partial charge is 0.255 e. The number of hydrogen-bond donors (Lipinski definition) is 0. The number of ether oxygens (including phenoxy) is 1. The van der Waals surface area contributed by atoms with Crippen LogP contribution in [0.1, 0.15) is 41.6 Å². The van der Waals surface area contributed by atoms with Crippen molar-refractivity contribution in [2.45, 2.75) is 31.8 Å². The normalized spacial score (nSPS) is 21.5. The third-order valence-corrected chi connectivity index (χ3v) is 4.29. The van der Waals surface area contributed by atoms with Gasteiger partial charge in [-0.3, -0.25) is 4.79 Å². The molecule has 5 heteroatoms. The zero-order valence-corrected chi connectivity index (χ0v) is 12.4. The Morgan fingerprint density at radius 2 is 2.23 bits per heavy atom. The van der Waals surface area contributed by atoms with Gasteiger partial charge in [0.25, 0.3) is 5.91 Å². The molecule has 2 aliphatic rings. The van der Waals surface area contributed by atoms with Crippen molar-refractivity contribution in [3.63, 3.8) is 0 Å². The fourth-order valence-electron chi connectivity index (χ4n) is 2.80. The molecule has 2 fully saturated rings. The van der Waals surface area contributed by atoms with E-state index in [-0.39, 0.29) is 23.1 Å². The summed E-state index contributed by atoms with van der Waals surface area (Å²) in [5.41, 5.74) is -0.0288. The number of likely N-dealkylation sites (tertiary alicyclic amines) is 1. The Morgan fingerprint density at radius 1 is 1.41 bits per heavy atom. The first-order valence-electron chi connectivity index (χ1n) is 7.78. The second kappa shape index (κ2) is 6.45. The average molecular weight is 302 g/mol. The highest BCUT2D eigenvalue weighted by Crippen LogP contribution is 2.30. The van der Waals surface area contributed by atoms with Crippen molar-refractivity contribution in [3.8, 4) is 6.07 Å². The van der Waals surface area contributed by atoms with E-state index in [0.717, 1.165) is 19.4 Å². The van der Waals surface area contributed by atoms with E-state index < -0.39 is 5.82 Å². The van der Waals surface area contributed by atoms with Gasteiger partial charge in [0.05, 0.1) is 11.7 Å². The first-order chi connectivity index (χ1) is 10.7. The number of piperidine rings is 1. The number of nitrogens with zero attached hydrogens (tertiary/aromatic N) is 2. The Kier molecular flexibility index (Phi) is 4.39. The minimum atomic E-state index is -0.646. The molecule has 1 heterocycles. The second-order valence-electron chi connectivity index (χ2n) is 6.07. The monoisotopic (exact) mass is 302 g/mol. The van der Waals surface area contributed by atoms with E-state index in [2.05, 4.69) is 0 Å². The number of nitriles is 1. The predicted molar refractivity (Wildman–Crippen MR) is 78.7 cm³/mol. The van der Waals surface area contributed by atoms with Gasteiger partial charge in [-0.2, -0.15) is 5.26 Å². The van der Waals surface area contributed by atoms with Crippen molar-refractivity contribution < 1.29 is 13.9 Å². The van der Waals surface area contributed by atoms with Crippen molar-refractivity contribution in [3.05, 3.63) is 35.1 Å². The summed E-state index contributed by atoms with van der Waals surface area (Å²) < 4.78 is 19.5. The van der Waals surface area contributed by atoms with Crippen LogP contribution >= 0.6 is 0 Å². The molecule has 1 aliphatic carbocycles. The lowest BCUT2D eigenvalue weighted by Crippen LogP contribution is -2.43. The lowest BCUT2D eigenvalue weighted by molar-refractivity contribution is -0.00244. The molecule has 1 unspecified atom stereocenters. The van der Waals surface area contributed by atoms with Crippen LogP contribution in [0.5, 0.6) is 0 Å². The molecule has 1 saturated heterocycles. The molecule has 3 rings (SSSR count). The largest absolute Gasteiger partial charge is 0.376 e. The standard InChI is InChI=1S/C17H19FN2O2/c18-16-5-1-4-14(15(16)9-19)17(21)20-8-2-3-13(10-20)22-11-12-6-7-12/h1,4-5,12-13H,2-3,6-8,10-11H2. The Labute approximate surface area is 129 Å². The number of rotatable bonds is 4. The van der Waals surface area contributed by atoms with Gasteiger partial charge in [0.15, 0.2) is 0 Å². The van der Waals surface area contributed by atoms with E-state index in [4.69, 9.17) is 10.00 Å². The summed E-state index contributed by atoms with van der Waals surface area (Å²) in [6.07, 6.45) is 4.36. The number of benzene rings is 1. The van der Waals surface area contributed by atoms with Crippen LogP contribution < -0.4 is 0 Å². The van der Waals surface area contributed by atoms with Gasteiger partial charge < -0.3 is 9.64 Å². The van der Waals surface area contributed by atoms with E-state index >= 15 is 0 Å². The molecule has 0 spiro atoms. The number of carbonyl (C=O) groups excluding carboxylic acids is 1. The summed E-state index contributed by atoms with van der Waals surface area (Å²) >= 11 is 0. The van der Waals surface area contributed by atoms with Gasteiger partial charge in [-0.15, -0.1) is 0 Å². The third kappa shape index (κ3) is 3.28. The van der Waals surface area contributed by atoms with Gasteiger partial charge in [0, 0.05) is 19.7 Å². The summed E-state index contributed by atoms with van der Waals surface area (Å²) in [5.74, 6) is -0.234. The summed E-state index contributed by atoms with van der Waals surface area (Å²) in [7, 11) is 0. The molecule has 1 aromatic rings. The molecule has 4 nitrogen and oxygen atoms in total. The molecule has 1 aromatic carbocycles. The summed E-state index contributed by atoms with van der Waals surface area (Å²) in [5, 5.41) is 9.07. The van der Waals surface area contributed by atoms with Crippen LogP contribution in [0.15, 0.2) is 18.2 Å². The van der Waals surface area contributed by atoms with E-state index in [1.54, 1.807) is 11.0 Å². The third-order valence-electron chi connectivity index (χ3n) is 4.29. The molecule has 0 aromatic heterocycles. The molecule has 0 N–H and O–H groups in total. The van der Waals surface area contributed by atoms with Crippen molar-refractivity contribution in [2.24, 2.45) is 5.92 Å². The summed E-state index contributed by atoms with van der Waals surface area (Å²) in [6.45, 7) is 1.92. The van der Waals surface area contributed by atoms with E-state index in [1.165, 1.54) is 31.0 Å². The van der Waals surface area contributed by atoms with Crippen molar-refractivity contribution >= 4 is 5.91 Å². The van der Waals surface area contributed by atoms with E-state index in [1.807, 2.05) is 0 Å². The van der Waals surface area contributed by atoms with Crippen LogP contribution in [0.3, 0.4) is 0 Å². The molecule has 1 atom stereocenters. The van der Waals surface area contributed by atoms with Crippen molar-refractivity contribution in [1.29, 1.82) is 5.26 Å². The lowest BCUT2D eigenvalue weighted by Gasteiger charge is -2.33.